The summed E-state index contributed by atoms with van der Waals surface area (Å²) < 4.78 is 16.0. The van der Waals surface area contributed by atoms with Crippen LogP contribution in [-0.4, -0.2) is 18.9 Å². The topological polar surface area (TPSA) is 30.7 Å². The van der Waals surface area contributed by atoms with Gasteiger partial charge < -0.3 is 4.57 Å². The van der Waals surface area contributed by atoms with Crippen molar-refractivity contribution < 1.29 is 4.39 Å². The highest BCUT2D eigenvalue weighted by Gasteiger charge is 2.50. The second-order valence-electron chi connectivity index (χ2n) is 6.19. The standard InChI is InChI=1S/C17H17BrFN3/c1-4-13-21-14-9(2)7-10(3)20-16(14)22(13)15-11-5-6-17(15,18)8-12(11)19/h5,7-8,15H,4,6H2,1-3H3. The molecule has 0 spiro atoms. The molecule has 5 heteroatoms. The molecule has 2 aromatic rings. The molecule has 2 aromatic heterocycles. The lowest BCUT2D eigenvalue weighted by Crippen LogP contribution is -2.26. The molecular weight excluding hydrogens is 345 g/mol. The predicted molar refractivity (Wildman–Crippen MR) is 89.0 cm³/mol. The van der Waals surface area contributed by atoms with Gasteiger partial charge in [0.2, 0.25) is 0 Å². The minimum atomic E-state index is -0.386. The first-order chi connectivity index (χ1) is 10.4. The molecule has 2 aliphatic rings. The number of allylic oxidation sites excluding steroid dienone is 4. The maximum Gasteiger partial charge on any atom is 0.161 e. The Morgan fingerprint density at radius 3 is 2.77 bits per heavy atom. The summed E-state index contributed by atoms with van der Waals surface area (Å²) >= 11 is 3.76. The summed E-state index contributed by atoms with van der Waals surface area (Å²) in [7, 11) is 0. The lowest BCUT2D eigenvalue weighted by Gasteiger charge is -2.26. The lowest BCUT2D eigenvalue weighted by atomic mass is 10.0. The third kappa shape index (κ3) is 1.72. The molecule has 22 heavy (non-hydrogen) atoms. The van der Waals surface area contributed by atoms with Crippen molar-refractivity contribution in [3.8, 4) is 0 Å². The number of hydrogen-bond donors (Lipinski definition) is 0. The maximum absolute atomic E-state index is 14.2. The van der Waals surface area contributed by atoms with Crippen LogP contribution in [0.15, 0.2) is 29.6 Å². The Labute approximate surface area is 137 Å². The molecule has 2 heterocycles. The van der Waals surface area contributed by atoms with E-state index in [0.29, 0.717) is 0 Å². The van der Waals surface area contributed by atoms with Gasteiger partial charge in [0.15, 0.2) is 5.65 Å². The number of aryl methyl sites for hydroxylation is 3. The number of hydrogen-bond acceptors (Lipinski definition) is 2. The molecule has 0 radical (unpaired) electrons. The molecule has 2 atom stereocenters. The van der Waals surface area contributed by atoms with Crippen molar-refractivity contribution in [2.75, 3.05) is 0 Å². The van der Waals surface area contributed by atoms with Gasteiger partial charge in [-0.15, -0.1) is 0 Å². The fourth-order valence-electron chi connectivity index (χ4n) is 3.70. The fourth-order valence-corrected chi connectivity index (χ4v) is 4.52. The van der Waals surface area contributed by atoms with Crippen LogP contribution in [0.25, 0.3) is 11.2 Å². The van der Waals surface area contributed by atoms with Crippen LogP contribution in [0.3, 0.4) is 0 Å². The third-order valence-corrected chi connectivity index (χ3v) is 5.63. The van der Waals surface area contributed by atoms with E-state index in [9.17, 15) is 4.39 Å². The molecular formula is C17H17BrFN3. The number of halogens is 2. The monoisotopic (exact) mass is 361 g/mol. The molecule has 2 bridgehead atoms. The van der Waals surface area contributed by atoms with Crippen LogP contribution in [0.4, 0.5) is 4.39 Å². The Morgan fingerprint density at radius 2 is 2.18 bits per heavy atom. The van der Waals surface area contributed by atoms with Crippen molar-refractivity contribution in [1.82, 2.24) is 14.5 Å². The zero-order chi connectivity index (χ0) is 15.6. The first kappa shape index (κ1) is 14.1. The highest BCUT2D eigenvalue weighted by atomic mass is 79.9. The van der Waals surface area contributed by atoms with Crippen LogP contribution >= 0.6 is 15.9 Å². The van der Waals surface area contributed by atoms with E-state index in [1.807, 2.05) is 19.1 Å². The van der Waals surface area contributed by atoms with Crippen LogP contribution in [0.2, 0.25) is 0 Å². The number of fused-ring (bicyclic) bond motifs is 3. The van der Waals surface area contributed by atoms with Crippen LogP contribution in [0, 0.1) is 13.8 Å². The maximum atomic E-state index is 14.2. The van der Waals surface area contributed by atoms with Crippen molar-refractivity contribution >= 4 is 27.1 Å². The minimum absolute atomic E-state index is 0.0962. The quantitative estimate of drug-likeness (QED) is 0.738. The SMILES string of the molecule is CCc1nc2c(C)cc(C)nc2n1C1C2=CCC1(Br)C=C2F. The van der Waals surface area contributed by atoms with Gasteiger partial charge >= 0.3 is 0 Å². The fraction of sp³-hybridized carbons (Fsp3) is 0.412. The van der Waals surface area contributed by atoms with Crippen LogP contribution < -0.4 is 0 Å². The smallest absolute Gasteiger partial charge is 0.161 e. The summed E-state index contributed by atoms with van der Waals surface area (Å²) in [5, 5.41) is 0. The normalized spacial score (nSPS) is 26.7. The van der Waals surface area contributed by atoms with Gasteiger partial charge in [0.05, 0.1) is 10.4 Å². The van der Waals surface area contributed by atoms with Crippen LogP contribution in [0.1, 0.15) is 36.5 Å². The van der Waals surface area contributed by atoms with Crippen LogP contribution in [0.5, 0.6) is 0 Å². The largest absolute Gasteiger partial charge is 0.303 e. The van der Waals surface area contributed by atoms with Crippen molar-refractivity contribution in [3.05, 3.63) is 46.7 Å². The van der Waals surface area contributed by atoms with E-state index >= 15 is 0 Å². The summed E-state index contributed by atoms with van der Waals surface area (Å²) in [4.78, 5) is 9.49. The second-order valence-corrected chi connectivity index (χ2v) is 7.67. The molecule has 114 valence electrons. The molecule has 0 saturated heterocycles. The Hall–Kier alpha value is -1.49. The van der Waals surface area contributed by atoms with E-state index in [1.165, 1.54) is 0 Å². The number of rotatable bonds is 2. The Kier molecular flexibility index (Phi) is 2.89. The van der Waals surface area contributed by atoms with Gasteiger partial charge in [0.1, 0.15) is 17.2 Å². The van der Waals surface area contributed by atoms with Crippen molar-refractivity contribution in [1.29, 1.82) is 0 Å². The van der Waals surface area contributed by atoms with Gasteiger partial charge in [-0.1, -0.05) is 28.9 Å². The molecule has 0 amide bonds. The summed E-state index contributed by atoms with van der Waals surface area (Å²) in [5.74, 6) is 0.835. The lowest BCUT2D eigenvalue weighted by molar-refractivity contribution is 0.526. The highest BCUT2D eigenvalue weighted by Crippen LogP contribution is 2.56. The van der Waals surface area contributed by atoms with Gasteiger partial charge in [-0.05, 0) is 38.0 Å². The predicted octanol–water partition coefficient (Wildman–Crippen LogP) is 4.48. The third-order valence-electron chi connectivity index (χ3n) is 4.64. The highest BCUT2D eigenvalue weighted by molar-refractivity contribution is 9.10. The van der Waals surface area contributed by atoms with E-state index in [4.69, 9.17) is 9.97 Å². The average Bonchev–Trinajstić information content (AvgIpc) is 3.03. The summed E-state index contributed by atoms with van der Waals surface area (Å²) in [5.41, 5.74) is 4.62. The summed E-state index contributed by atoms with van der Waals surface area (Å²) in [6.07, 6.45) is 5.28. The molecule has 2 aliphatic carbocycles. The molecule has 0 aliphatic heterocycles. The van der Waals surface area contributed by atoms with Gasteiger partial charge in [-0.3, -0.25) is 0 Å². The molecule has 3 nitrogen and oxygen atoms in total. The molecule has 0 aromatic carbocycles. The first-order valence-corrected chi connectivity index (χ1v) is 8.36. The number of pyridine rings is 1. The van der Waals surface area contributed by atoms with E-state index in [1.54, 1.807) is 6.08 Å². The van der Waals surface area contributed by atoms with Crippen LogP contribution in [-0.2, 0) is 6.42 Å². The van der Waals surface area contributed by atoms with E-state index in [2.05, 4.69) is 34.3 Å². The van der Waals surface area contributed by atoms with Crippen molar-refractivity contribution in [2.45, 2.75) is 44.0 Å². The van der Waals surface area contributed by atoms with Gasteiger partial charge in [-0.25, -0.2) is 14.4 Å². The van der Waals surface area contributed by atoms with Gasteiger partial charge in [0.25, 0.3) is 0 Å². The minimum Gasteiger partial charge on any atom is -0.303 e. The summed E-state index contributed by atoms with van der Waals surface area (Å²) in [6.45, 7) is 6.12. The zero-order valence-electron chi connectivity index (χ0n) is 12.8. The Bertz CT molecular complexity index is 864. The zero-order valence-corrected chi connectivity index (χ0v) is 14.4. The van der Waals surface area contributed by atoms with Gasteiger partial charge in [-0.2, -0.15) is 0 Å². The molecule has 0 fully saturated rings. The average molecular weight is 362 g/mol. The van der Waals surface area contributed by atoms with E-state index in [0.717, 1.165) is 46.7 Å². The molecule has 4 rings (SSSR count). The van der Waals surface area contributed by atoms with Crippen molar-refractivity contribution in [2.24, 2.45) is 0 Å². The first-order valence-electron chi connectivity index (χ1n) is 7.57. The molecule has 0 saturated carbocycles. The van der Waals surface area contributed by atoms with Gasteiger partial charge in [0, 0.05) is 17.7 Å². The van der Waals surface area contributed by atoms with Crippen molar-refractivity contribution in [3.63, 3.8) is 0 Å². The Morgan fingerprint density at radius 1 is 1.41 bits per heavy atom. The number of alkyl halides is 1. The Balaban J connectivity index is 2.02. The number of imidazole rings is 1. The molecule has 2 unspecified atom stereocenters. The number of aromatic nitrogens is 3. The second kappa shape index (κ2) is 4.51. The molecule has 0 N–H and O–H groups in total. The van der Waals surface area contributed by atoms with E-state index in [-0.39, 0.29) is 16.2 Å². The number of nitrogens with zero attached hydrogens (tertiary/aromatic N) is 3. The summed E-state index contributed by atoms with van der Waals surface area (Å²) in [6, 6.07) is 1.95. The van der Waals surface area contributed by atoms with E-state index < -0.39 is 0 Å².